The lowest BCUT2D eigenvalue weighted by atomic mass is 10.0. The van der Waals surface area contributed by atoms with Crippen LogP contribution in [0.1, 0.15) is 40.4 Å². The molecule has 1 aliphatic carbocycles. The fourth-order valence-corrected chi connectivity index (χ4v) is 4.98. The van der Waals surface area contributed by atoms with E-state index in [4.69, 9.17) is 0 Å². The average Bonchev–Trinajstić information content (AvgIpc) is 3.64. The maximum atomic E-state index is 12.9. The molecule has 6 rings (SSSR count). The Hall–Kier alpha value is -3.53. The van der Waals surface area contributed by atoms with Crippen LogP contribution in [0.15, 0.2) is 72.8 Å². The molecule has 2 aliphatic rings. The molecule has 1 aliphatic heterocycles. The van der Waals surface area contributed by atoms with Gasteiger partial charge in [-0.3, -0.25) is 4.79 Å². The van der Waals surface area contributed by atoms with Crippen LogP contribution in [-0.2, 0) is 0 Å². The summed E-state index contributed by atoms with van der Waals surface area (Å²) in [5.41, 5.74) is 8.21. The number of carbonyl (C=O) groups is 1. The summed E-state index contributed by atoms with van der Waals surface area (Å²) >= 11 is 0. The summed E-state index contributed by atoms with van der Waals surface area (Å²) in [7, 11) is 0. The minimum absolute atomic E-state index is 0.155. The van der Waals surface area contributed by atoms with Gasteiger partial charge in [-0.15, -0.1) is 0 Å². The summed E-state index contributed by atoms with van der Waals surface area (Å²) < 4.78 is 0. The fraction of sp³-hybridized carbons (Fsp3) is 0.276. The summed E-state index contributed by atoms with van der Waals surface area (Å²) in [6.45, 7) is 5.33. The van der Waals surface area contributed by atoms with Crippen molar-refractivity contribution in [1.29, 1.82) is 0 Å². The van der Waals surface area contributed by atoms with Gasteiger partial charge >= 0.3 is 0 Å². The van der Waals surface area contributed by atoms with Crippen molar-refractivity contribution in [3.8, 4) is 11.1 Å². The number of amides is 1. The van der Waals surface area contributed by atoms with Crippen molar-refractivity contribution in [2.75, 3.05) is 31.1 Å². The van der Waals surface area contributed by atoms with E-state index in [2.05, 4.69) is 77.5 Å². The van der Waals surface area contributed by atoms with Gasteiger partial charge in [-0.25, -0.2) is 0 Å². The van der Waals surface area contributed by atoms with E-state index in [1.165, 1.54) is 51.8 Å². The first-order valence-electron chi connectivity index (χ1n) is 12.0. The maximum Gasteiger partial charge on any atom is 0.253 e. The first-order valence-corrected chi connectivity index (χ1v) is 12.0. The highest BCUT2D eigenvalue weighted by atomic mass is 16.2. The number of benzene rings is 3. The SMILES string of the molecule is Cc1cc2ccc(-c3ccc(N4CCN(C(=O)c5ccc(C6CC6)cc5)CC4)cc3)cc2[nH]1. The maximum absolute atomic E-state index is 12.9. The molecular weight excluding hydrogens is 406 g/mol. The van der Waals surface area contributed by atoms with E-state index < -0.39 is 0 Å². The van der Waals surface area contributed by atoms with Gasteiger partial charge in [0.05, 0.1) is 0 Å². The van der Waals surface area contributed by atoms with Crippen molar-refractivity contribution < 1.29 is 4.79 Å². The number of anilines is 1. The molecule has 166 valence electrons. The van der Waals surface area contributed by atoms with Gasteiger partial charge in [0.2, 0.25) is 0 Å². The zero-order valence-corrected chi connectivity index (χ0v) is 19.1. The summed E-state index contributed by atoms with van der Waals surface area (Å²) in [5, 5.41) is 1.25. The van der Waals surface area contributed by atoms with Gasteiger partial charge in [0.15, 0.2) is 0 Å². The summed E-state index contributed by atoms with van der Waals surface area (Å²) in [6.07, 6.45) is 2.58. The lowest BCUT2D eigenvalue weighted by Crippen LogP contribution is -2.48. The molecule has 33 heavy (non-hydrogen) atoms. The van der Waals surface area contributed by atoms with Gasteiger partial charge in [0.1, 0.15) is 0 Å². The lowest BCUT2D eigenvalue weighted by molar-refractivity contribution is 0.0747. The molecule has 1 N–H and O–H groups in total. The van der Waals surface area contributed by atoms with E-state index in [0.717, 1.165) is 37.7 Å². The third-order valence-electron chi connectivity index (χ3n) is 7.10. The summed E-state index contributed by atoms with van der Waals surface area (Å²) in [6, 6.07) is 25.9. The zero-order valence-electron chi connectivity index (χ0n) is 19.1. The van der Waals surface area contributed by atoms with Crippen LogP contribution >= 0.6 is 0 Å². The second-order valence-electron chi connectivity index (χ2n) is 9.48. The molecule has 4 aromatic rings. The molecule has 0 atom stereocenters. The van der Waals surface area contributed by atoms with Gasteiger partial charge in [0, 0.05) is 48.6 Å². The lowest BCUT2D eigenvalue weighted by Gasteiger charge is -2.36. The molecular formula is C29H29N3O. The van der Waals surface area contributed by atoms with Crippen LogP contribution in [0.3, 0.4) is 0 Å². The van der Waals surface area contributed by atoms with Crippen LogP contribution < -0.4 is 4.90 Å². The molecule has 2 fully saturated rings. The Morgan fingerprint density at radius 1 is 0.818 bits per heavy atom. The Bertz CT molecular complexity index is 1290. The number of hydrogen-bond donors (Lipinski definition) is 1. The highest BCUT2D eigenvalue weighted by Crippen LogP contribution is 2.40. The number of nitrogens with zero attached hydrogens (tertiary/aromatic N) is 2. The standard InChI is InChI=1S/C29H29N3O/c1-20-18-26-9-8-25(19-28(26)30-20)23-10-12-27(13-11-23)31-14-16-32(17-15-31)29(33)24-6-4-22(5-7-24)21-2-3-21/h4-13,18-19,21,30H,2-3,14-17H2,1H3. The highest BCUT2D eigenvalue weighted by molar-refractivity contribution is 5.94. The minimum Gasteiger partial charge on any atom is -0.368 e. The van der Waals surface area contributed by atoms with Crippen molar-refractivity contribution in [3.05, 3.63) is 89.6 Å². The zero-order chi connectivity index (χ0) is 22.4. The molecule has 2 heterocycles. The summed E-state index contributed by atoms with van der Waals surface area (Å²) in [5.74, 6) is 0.881. The van der Waals surface area contributed by atoms with Crippen LogP contribution in [-0.4, -0.2) is 42.0 Å². The number of rotatable bonds is 4. The van der Waals surface area contributed by atoms with Gasteiger partial charge < -0.3 is 14.8 Å². The summed E-state index contributed by atoms with van der Waals surface area (Å²) in [4.78, 5) is 20.7. The van der Waals surface area contributed by atoms with E-state index in [1.807, 2.05) is 17.0 Å². The predicted octanol–water partition coefficient (Wildman–Crippen LogP) is 5.98. The van der Waals surface area contributed by atoms with E-state index in [9.17, 15) is 4.79 Å². The number of hydrogen-bond acceptors (Lipinski definition) is 2. The number of aromatic amines is 1. The molecule has 4 nitrogen and oxygen atoms in total. The molecule has 0 bridgehead atoms. The van der Waals surface area contributed by atoms with Crippen molar-refractivity contribution >= 4 is 22.5 Å². The van der Waals surface area contributed by atoms with Gasteiger partial charge in [-0.2, -0.15) is 0 Å². The van der Waals surface area contributed by atoms with E-state index >= 15 is 0 Å². The second-order valence-corrected chi connectivity index (χ2v) is 9.48. The first-order chi connectivity index (χ1) is 16.1. The number of nitrogens with one attached hydrogen (secondary N) is 1. The molecule has 4 heteroatoms. The number of aromatic nitrogens is 1. The monoisotopic (exact) mass is 435 g/mol. The van der Waals surface area contributed by atoms with E-state index in [1.54, 1.807) is 0 Å². The second kappa shape index (κ2) is 8.11. The highest BCUT2D eigenvalue weighted by Gasteiger charge is 2.25. The molecule has 0 radical (unpaired) electrons. The molecule has 1 amide bonds. The molecule has 0 unspecified atom stereocenters. The molecule has 1 saturated carbocycles. The van der Waals surface area contributed by atoms with Crippen LogP contribution in [0.2, 0.25) is 0 Å². The third-order valence-corrected chi connectivity index (χ3v) is 7.10. The van der Waals surface area contributed by atoms with E-state index in [0.29, 0.717) is 0 Å². The minimum atomic E-state index is 0.155. The number of H-pyrrole nitrogens is 1. The Kier molecular flexibility index (Phi) is 4.94. The topological polar surface area (TPSA) is 39.3 Å². The van der Waals surface area contributed by atoms with Gasteiger partial charge in [0.25, 0.3) is 5.91 Å². The number of fused-ring (bicyclic) bond motifs is 1. The average molecular weight is 436 g/mol. The quantitative estimate of drug-likeness (QED) is 0.428. The number of aryl methyl sites for hydroxylation is 1. The Morgan fingerprint density at radius 2 is 1.52 bits per heavy atom. The van der Waals surface area contributed by atoms with Crippen LogP contribution in [0.5, 0.6) is 0 Å². The normalized spacial score (nSPS) is 16.4. The largest absolute Gasteiger partial charge is 0.368 e. The number of piperazine rings is 1. The van der Waals surface area contributed by atoms with Crippen LogP contribution in [0.25, 0.3) is 22.0 Å². The molecule has 1 saturated heterocycles. The van der Waals surface area contributed by atoms with Crippen LogP contribution in [0.4, 0.5) is 5.69 Å². The fourth-order valence-electron chi connectivity index (χ4n) is 4.98. The molecule has 3 aromatic carbocycles. The predicted molar refractivity (Wildman–Crippen MR) is 135 cm³/mol. The van der Waals surface area contributed by atoms with Gasteiger partial charge in [-0.05, 0) is 84.2 Å². The molecule has 0 spiro atoms. The molecule has 1 aromatic heterocycles. The van der Waals surface area contributed by atoms with Crippen molar-refractivity contribution in [2.45, 2.75) is 25.7 Å². The first kappa shape index (κ1) is 20.1. The third kappa shape index (κ3) is 4.02. The number of carbonyl (C=O) groups excluding carboxylic acids is 1. The van der Waals surface area contributed by atoms with Crippen LogP contribution in [0, 0.1) is 6.92 Å². The van der Waals surface area contributed by atoms with Crippen molar-refractivity contribution in [3.63, 3.8) is 0 Å². The Morgan fingerprint density at radius 3 is 2.21 bits per heavy atom. The van der Waals surface area contributed by atoms with Crippen molar-refractivity contribution in [1.82, 2.24) is 9.88 Å². The van der Waals surface area contributed by atoms with Crippen molar-refractivity contribution in [2.24, 2.45) is 0 Å². The Balaban J connectivity index is 1.10. The van der Waals surface area contributed by atoms with Gasteiger partial charge in [-0.1, -0.05) is 36.4 Å². The Labute approximate surface area is 194 Å². The smallest absolute Gasteiger partial charge is 0.253 e. The van der Waals surface area contributed by atoms with E-state index in [-0.39, 0.29) is 5.91 Å².